The number of carbonyl (C=O) groups is 2. The summed E-state index contributed by atoms with van der Waals surface area (Å²) in [4.78, 5) is 28.6. The van der Waals surface area contributed by atoms with Crippen LogP contribution in [0.2, 0.25) is 5.02 Å². The second-order valence-electron chi connectivity index (χ2n) is 8.29. The third-order valence-corrected chi connectivity index (χ3v) is 7.11. The minimum atomic E-state index is -0.140. The number of fused-ring (bicyclic) bond motifs is 1. The minimum Gasteiger partial charge on any atom is -0.351 e. The lowest BCUT2D eigenvalue weighted by Gasteiger charge is -2.31. The second kappa shape index (κ2) is 9.40. The summed E-state index contributed by atoms with van der Waals surface area (Å²) < 4.78 is 1.93. The molecule has 0 bridgehead atoms. The normalized spacial score (nSPS) is 16.6. The van der Waals surface area contributed by atoms with Crippen molar-refractivity contribution < 1.29 is 9.59 Å². The Hall–Kier alpha value is -2.38. The minimum absolute atomic E-state index is 0.123. The molecule has 1 aromatic carbocycles. The molecule has 1 aliphatic rings. The van der Waals surface area contributed by atoms with Gasteiger partial charge in [0.1, 0.15) is 4.83 Å². The van der Waals surface area contributed by atoms with Crippen molar-refractivity contribution in [2.45, 2.75) is 39.7 Å². The number of rotatable bonds is 6. The van der Waals surface area contributed by atoms with E-state index in [-0.39, 0.29) is 11.8 Å². The Balaban J connectivity index is 1.38. The molecule has 164 valence electrons. The number of benzene rings is 1. The van der Waals surface area contributed by atoms with Crippen molar-refractivity contribution in [2.75, 3.05) is 19.6 Å². The lowest BCUT2D eigenvalue weighted by molar-refractivity contribution is -0.132. The van der Waals surface area contributed by atoms with Crippen LogP contribution >= 0.6 is 22.9 Å². The lowest BCUT2D eigenvalue weighted by Crippen LogP contribution is -2.40. The number of thiophene rings is 1. The molecule has 4 rings (SSSR count). The summed E-state index contributed by atoms with van der Waals surface area (Å²) in [7, 11) is 0. The Kier molecular flexibility index (Phi) is 6.62. The van der Waals surface area contributed by atoms with Gasteiger partial charge in [-0.25, -0.2) is 0 Å². The zero-order valence-corrected chi connectivity index (χ0v) is 19.4. The summed E-state index contributed by atoms with van der Waals surface area (Å²) in [5, 5.41) is 9.22. The molecule has 6 nitrogen and oxygen atoms in total. The zero-order valence-electron chi connectivity index (χ0n) is 17.9. The average Bonchev–Trinajstić information content (AvgIpc) is 3.31. The number of carbonyl (C=O) groups excluding carboxylic acids is 2. The SMILES string of the molecule is Cc1nn(Cc2ccc(Cl)cc2)c2sc(C(=O)NCCC(=O)N3CCCC(C)C3)cc12. The molecule has 8 heteroatoms. The molecular formula is C23H27ClN4O2S. The molecule has 1 N–H and O–H groups in total. The van der Waals surface area contributed by atoms with Gasteiger partial charge in [0.15, 0.2) is 0 Å². The molecule has 3 heterocycles. The van der Waals surface area contributed by atoms with E-state index < -0.39 is 0 Å². The lowest BCUT2D eigenvalue weighted by atomic mass is 10.00. The largest absolute Gasteiger partial charge is 0.351 e. The van der Waals surface area contributed by atoms with Crippen molar-refractivity contribution in [3.05, 3.63) is 51.5 Å². The van der Waals surface area contributed by atoms with E-state index in [1.165, 1.54) is 17.8 Å². The number of amides is 2. The summed E-state index contributed by atoms with van der Waals surface area (Å²) >= 11 is 7.40. The maximum absolute atomic E-state index is 12.7. The van der Waals surface area contributed by atoms with E-state index >= 15 is 0 Å². The van der Waals surface area contributed by atoms with Crippen LogP contribution in [-0.4, -0.2) is 46.1 Å². The third kappa shape index (κ3) is 5.10. The van der Waals surface area contributed by atoms with Crippen LogP contribution in [0.25, 0.3) is 10.2 Å². The van der Waals surface area contributed by atoms with E-state index in [4.69, 9.17) is 11.6 Å². The maximum Gasteiger partial charge on any atom is 0.261 e. The molecule has 2 aromatic heterocycles. The fraction of sp³-hybridized carbons (Fsp3) is 0.435. The van der Waals surface area contributed by atoms with E-state index in [9.17, 15) is 9.59 Å². The first kappa shape index (κ1) is 21.8. The standard InChI is InChI=1S/C23H27ClN4O2S/c1-15-4-3-11-27(13-15)21(29)9-10-25-22(30)20-12-19-16(2)26-28(23(19)31-20)14-17-5-7-18(24)8-6-17/h5-8,12,15H,3-4,9-11,13-14H2,1-2H3,(H,25,30). The van der Waals surface area contributed by atoms with Crippen molar-refractivity contribution in [1.82, 2.24) is 20.0 Å². The number of hydrogen-bond acceptors (Lipinski definition) is 4. The van der Waals surface area contributed by atoms with E-state index in [0.29, 0.717) is 35.3 Å². The molecule has 1 saturated heterocycles. The van der Waals surface area contributed by atoms with Crippen LogP contribution < -0.4 is 5.32 Å². The Morgan fingerprint density at radius 3 is 2.81 bits per heavy atom. The summed E-state index contributed by atoms with van der Waals surface area (Å²) in [5.74, 6) is 0.539. The van der Waals surface area contributed by atoms with Gasteiger partial charge in [0.2, 0.25) is 5.91 Å². The summed E-state index contributed by atoms with van der Waals surface area (Å²) in [6, 6.07) is 9.58. The average molecular weight is 459 g/mol. The Morgan fingerprint density at radius 2 is 2.06 bits per heavy atom. The predicted molar refractivity (Wildman–Crippen MR) is 125 cm³/mol. The van der Waals surface area contributed by atoms with Gasteiger partial charge in [-0.05, 0) is 49.4 Å². The van der Waals surface area contributed by atoms with E-state index in [2.05, 4.69) is 17.3 Å². The molecule has 1 unspecified atom stereocenters. The smallest absolute Gasteiger partial charge is 0.261 e. The Morgan fingerprint density at radius 1 is 1.29 bits per heavy atom. The molecule has 1 fully saturated rings. The number of halogens is 1. The van der Waals surface area contributed by atoms with Crippen LogP contribution in [-0.2, 0) is 11.3 Å². The summed E-state index contributed by atoms with van der Waals surface area (Å²) in [6.45, 7) is 6.76. The monoisotopic (exact) mass is 458 g/mol. The second-order valence-corrected chi connectivity index (χ2v) is 9.76. The fourth-order valence-electron chi connectivity index (χ4n) is 4.04. The van der Waals surface area contributed by atoms with Gasteiger partial charge in [-0.1, -0.05) is 30.7 Å². The van der Waals surface area contributed by atoms with Crippen LogP contribution in [0.4, 0.5) is 0 Å². The quantitative estimate of drug-likeness (QED) is 0.591. The van der Waals surface area contributed by atoms with Crippen LogP contribution in [0, 0.1) is 12.8 Å². The molecule has 0 aliphatic carbocycles. The van der Waals surface area contributed by atoms with Crippen molar-refractivity contribution in [3.63, 3.8) is 0 Å². The predicted octanol–water partition coefficient (Wildman–Crippen LogP) is 4.49. The first-order valence-corrected chi connectivity index (χ1v) is 11.9. The number of piperidine rings is 1. The summed E-state index contributed by atoms with van der Waals surface area (Å²) in [5.41, 5.74) is 1.99. The first-order valence-electron chi connectivity index (χ1n) is 10.7. The first-order chi connectivity index (χ1) is 14.9. The molecule has 0 radical (unpaired) electrons. The van der Waals surface area contributed by atoms with Gasteiger partial charge < -0.3 is 10.2 Å². The molecule has 1 aliphatic heterocycles. The number of nitrogens with zero attached hydrogens (tertiary/aromatic N) is 3. The van der Waals surface area contributed by atoms with Crippen LogP contribution in [0.5, 0.6) is 0 Å². The number of aromatic nitrogens is 2. The van der Waals surface area contributed by atoms with Crippen molar-refractivity contribution in [2.24, 2.45) is 5.92 Å². The van der Waals surface area contributed by atoms with Crippen LogP contribution in [0.3, 0.4) is 0 Å². The van der Waals surface area contributed by atoms with E-state index in [1.807, 2.05) is 46.8 Å². The molecule has 2 amide bonds. The number of likely N-dealkylation sites (tertiary alicyclic amines) is 1. The van der Waals surface area contributed by atoms with Crippen molar-refractivity contribution in [1.29, 1.82) is 0 Å². The van der Waals surface area contributed by atoms with Gasteiger partial charge >= 0.3 is 0 Å². The number of hydrogen-bond donors (Lipinski definition) is 1. The molecular weight excluding hydrogens is 432 g/mol. The Labute approximate surface area is 191 Å². The van der Waals surface area contributed by atoms with Crippen LogP contribution in [0.15, 0.2) is 30.3 Å². The highest BCUT2D eigenvalue weighted by molar-refractivity contribution is 7.20. The van der Waals surface area contributed by atoms with Gasteiger partial charge in [-0.2, -0.15) is 5.10 Å². The Bertz CT molecular complexity index is 1090. The van der Waals surface area contributed by atoms with Crippen molar-refractivity contribution in [3.8, 4) is 0 Å². The highest BCUT2D eigenvalue weighted by Crippen LogP contribution is 2.29. The van der Waals surface area contributed by atoms with Crippen molar-refractivity contribution >= 4 is 45.0 Å². The van der Waals surface area contributed by atoms with Gasteiger partial charge in [0.05, 0.1) is 17.1 Å². The maximum atomic E-state index is 12.7. The molecule has 1 atom stereocenters. The van der Waals surface area contributed by atoms with E-state index in [1.54, 1.807) is 0 Å². The highest BCUT2D eigenvalue weighted by atomic mass is 35.5. The fourth-order valence-corrected chi connectivity index (χ4v) is 5.24. The summed E-state index contributed by atoms with van der Waals surface area (Å²) in [6.07, 6.45) is 2.58. The van der Waals surface area contributed by atoms with Gasteiger partial charge in [0, 0.05) is 36.5 Å². The van der Waals surface area contributed by atoms with Crippen LogP contribution in [0.1, 0.15) is 47.1 Å². The number of nitrogens with one attached hydrogen (secondary N) is 1. The highest BCUT2D eigenvalue weighted by Gasteiger charge is 2.21. The molecule has 31 heavy (non-hydrogen) atoms. The van der Waals surface area contributed by atoms with Gasteiger partial charge in [-0.15, -0.1) is 11.3 Å². The topological polar surface area (TPSA) is 67.2 Å². The third-order valence-electron chi connectivity index (χ3n) is 5.71. The van der Waals surface area contributed by atoms with E-state index in [0.717, 1.165) is 41.0 Å². The number of aryl methyl sites for hydroxylation is 1. The molecule has 0 spiro atoms. The molecule has 3 aromatic rings. The zero-order chi connectivity index (χ0) is 22.0. The van der Waals surface area contributed by atoms with Gasteiger partial charge in [-0.3, -0.25) is 14.3 Å². The van der Waals surface area contributed by atoms with Gasteiger partial charge in [0.25, 0.3) is 5.91 Å². The molecule has 0 saturated carbocycles.